The third-order valence-corrected chi connectivity index (χ3v) is 3.44. The fourth-order valence-electron chi connectivity index (χ4n) is 2.18. The van der Waals surface area contributed by atoms with Crippen molar-refractivity contribution < 1.29 is 4.79 Å². The molecule has 0 radical (unpaired) electrons. The van der Waals surface area contributed by atoms with Gasteiger partial charge < -0.3 is 0 Å². The highest BCUT2D eigenvalue weighted by Crippen LogP contribution is 2.31. The molecule has 0 N–H and O–H groups in total. The van der Waals surface area contributed by atoms with E-state index >= 15 is 0 Å². The van der Waals surface area contributed by atoms with E-state index in [9.17, 15) is 4.79 Å². The summed E-state index contributed by atoms with van der Waals surface area (Å²) in [4.78, 5) is 13.0. The van der Waals surface area contributed by atoms with E-state index in [1.807, 2.05) is 30.1 Å². The van der Waals surface area contributed by atoms with E-state index in [2.05, 4.69) is 6.07 Å². The Morgan fingerprint density at radius 2 is 2.12 bits per heavy atom. The number of nitrogens with zero attached hydrogens (tertiary/aromatic N) is 1. The number of likely N-dealkylation sites (N-methyl/N-ethyl adjacent to an activating group) is 1. The van der Waals surface area contributed by atoms with E-state index in [1.54, 1.807) is 0 Å². The fraction of sp³-hybridized carbons (Fsp3) is 0.417. The molecule has 0 fully saturated rings. The van der Waals surface area contributed by atoms with Crippen LogP contribution < -0.4 is 0 Å². The van der Waals surface area contributed by atoms with Crippen LogP contribution in [0.15, 0.2) is 24.3 Å². The number of Topliss-reactive ketones (excluding diaryl/α,β-unsaturated/α-hetero) is 1. The van der Waals surface area contributed by atoms with Crippen molar-refractivity contribution in [3.8, 4) is 0 Å². The zero-order valence-electron chi connectivity index (χ0n) is 8.99. The van der Waals surface area contributed by atoms with Crippen molar-refractivity contribution in [2.24, 2.45) is 0 Å². The van der Waals surface area contributed by atoms with Crippen molar-refractivity contribution in [3.05, 3.63) is 35.4 Å². The minimum atomic E-state index is -0.960. The summed E-state index contributed by atoms with van der Waals surface area (Å²) < 4.78 is 0. The molecular weight excluding hydrogens is 245 g/mol. The molecule has 4 heteroatoms. The van der Waals surface area contributed by atoms with Crippen LogP contribution in [-0.2, 0) is 11.2 Å². The van der Waals surface area contributed by atoms with E-state index < -0.39 is 4.84 Å². The van der Waals surface area contributed by atoms with Crippen LogP contribution in [0.1, 0.15) is 17.2 Å². The van der Waals surface area contributed by atoms with Crippen LogP contribution in [-0.4, -0.2) is 29.1 Å². The molecule has 1 heterocycles. The smallest absolute Gasteiger partial charge is 0.187 e. The van der Waals surface area contributed by atoms with Gasteiger partial charge >= 0.3 is 0 Å². The summed E-state index contributed by atoms with van der Waals surface area (Å²) in [5, 5.41) is 0. The summed E-state index contributed by atoms with van der Waals surface area (Å²) in [5.74, 6) is -0.141. The van der Waals surface area contributed by atoms with E-state index in [1.165, 1.54) is 5.56 Å². The van der Waals surface area contributed by atoms with Gasteiger partial charge in [0, 0.05) is 6.54 Å². The Bertz CT molecular complexity index is 406. The lowest BCUT2D eigenvalue weighted by Gasteiger charge is -2.33. The fourth-order valence-corrected chi connectivity index (χ4v) is 2.42. The van der Waals surface area contributed by atoms with Gasteiger partial charge in [-0.2, -0.15) is 0 Å². The van der Waals surface area contributed by atoms with Crippen molar-refractivity contribution in [2.45, 2.75) is 17.3 Å². The van der Waals surface area contributed by atoms with Gasteiger partial charge in [0.05, 0.1) is 6.04 Å². The number of rotatable bonds is 2. The van der Waals surface area contributed by atoms with E-state index in [0.717, 1.165) is 18.5 Å². The molecule has 0 saturated carbocycles. The van der Waals surface area contributed by atoms with E-state index in [0.29, 0.717) is 0 Å². The van der Waals surface area contributed by atoms with Crippen molar-refractivity contribution in [2.75, 3.05) is 13.6 Å². The van der Waals surface area contributed by atoms with Crippen LogP contribution in [0.25, 0.3) is 0 Å². The highest BCUT2D eigenvalue weighted by Gasteiger charge is 2.33. The molecule has 0 aliphatic carbocycles. The first-order valence-corrected chi connectivity index (χ1v) is 6.08. The van der Waals surface area contributed by atoms with Gasteiger partial charge in [-0.1, -0.05) is 47.5 Å². The zero-order valence-corrected chi connectivity index (χ0v) is 10.5. The second-order valence-electron chi connectivity index (χ2n) is 4.04. The Hall–Kier alpha value is -0.570. The number of hydrogen-bond donors (Lipinski definition) is 0. The Kier molecular flexibility index (Phi) is 3.53. The third-order valence-electron chi connectivity index (χ3n) is 3.01. The first-order valence-electron chi connectivity index (χ1n) is 5.21. The average Bonchev–Trinajstić information content (AvgIpc) is 2.28. The second kappa shape index (κ2) is 4.74. The predicted octanol–water partition coefficient (Wildman–Crippen LogP) is 2.59. The minimum Gasteiger partial charge on any atom is -0.294 e. The number of carbonyl (C=O) groups excluding carboxylic acids is 1. The SMILES string of the molecule is CN1CCc2ccccc2C1C(=O)C(Cl)Cl. The minimum absolute atomic E-state index is 0.141. The van der Waals surface area contributed by atoms with Crippen LogP contribution in [0.3, 0.4) is 0 Å². The van der Waals surface area contributed by atoms with Gasteiger partial charge in [0.25, 0.3) is 0 Å². The maximum absolute atomic E-state index is 12.0. The molecule has 0 bridgehead atoms. The summed E-state index contributed by atoms with van der Waals surface area (Å²) in [6.45, 7) is 0.855. The Morgan fingerprint density at radius 3 is 2.81 bits per heavy atom. The van der Waals surface area contributed by atoms with E-state index in [-0.39, 0.29) is 11.8 Å². The number of benzene rings is 1. The Morgan fingerprint density at radius 1 is 1.44 bits per heavy atom. The van der Waals surface area contributed by atoms with Crippen molar-refractivity contribution in [3.63, 3.8) is 0 Å². The Labute approximate surface area is 105 Å². The van der Waals surface area contributed by atoms with Crippen LogP contribution in [0.4, 0.5) is 0 Å². The molecule has 0 spiro atoms. The summed E-state index contributed by atoms with van der Waals surface area (Å²) in [6.07, 6.45) is 0.964. The van der Waals surface area contributed by atoms with Gasteiger partial charge in [-0.3, -0.25) is 9.69 Å². The summed E-state index contributed by atoms with van der Waals surface area (Å²) in [5.41, 5.74) is 2.25. The lowest BCUT2D eigenvalue weighted by atomic mass is 9.91. The number of carbonyl (C=O) groups is 1. The molecular formula is C12H13Cl2NO. The van der Waals surface area contributed by atoms with Crippen LogP contribution >= 0.6 is 23.2 Å². The van der Waals surface area contributed by atoms with Crippen molar-refractivity contribution in [1.29, 1.82) is 0 Å². The highest BCUT2D eigenvalue weighted by molar-refractivity contribution is 6.54. The molecule has 0 saturated heterocycles. The van der Waals surface area contributed by atoms with E-state index in [4.69, 9.17) is 23.2 Å². The lowest BCUT2D eigenvalue weighted by Crippen LogP contribution is -2.38. The molecule has 1 aromatic rings. The Balaban J connectivity index is 2.40. The van der Waals surface area contributed by atoms with Crippen LogP contribution in [0.2, 0.25) is 0 Å². The topological polar surface area (TPSA) is 20.3 Å². The lowest BCUT2D eigenvalue weighted by molar-refractivity contribution is -0.122. The van der Waals surface area contributed by atoms with Gasteiger partial charge in [-0.05, 0) is 24.6 Å². The molecule has 1 aliphatic heterocycles. The van der Waals surface area contributed by atoms with Gasteiger partial charge in [0.15, 0.2) is 10.6 Å². The monoisotopic (exact) mass is 257 g/mol. The summed E-state index contributed by atoms with van der Waals surface area (Å²) in [6, 6.07) is 7.66. The molecule has 0 aromatic heterocycles. The van der Waals surface area contributed by atoms with Crippen LogP contribution in [0.5, 0.6) is 0 Å². The van der Waals surface area contributed by atoms with Gasteiger partial charge in [0.1, 0.15) is 0 Å². The molecule has 2 rings (SSSR count). The normalized spacial score (nSPS) is 20.9. The summed E-state index contributed by atoms with van der Waals surface area (Å²) in [7, 11) is 1.93. The van der Waals surface area contributed by atoms with Gasteiger partial charge in [-0.15, -0.1) is 0 Å². The molecule has 2 nitrogen and oxygen atoms in total. The zero-order chi connectivity index (χ0) is 11.7. The second-order valence-corrected chi connectivity index (χ2v) is 5.13. The average molecular weight is 258 g/mol. The quantitative estimate of drug-likeness (QED) is 0.760. The molecule has 1 unspecified atom stereocenters. The highest BCUT2D eigenvalue weighted by atomic mass is 35.5. The first-order chi connectivity index (χ1) is 7.61. The first kappa shape index (κ1) is 11.9. The number of alkyl halides is 2. The number of ketones is 1. The largest absolute Gasteiger partial charge is 0.294 e. The molecule has 16 heavy (non-hydrogen) atoms. The van der Waals surface area contributed by atoms with Crippen LogP contribution in [0, 0.1) is 0 Å². The standard InChI is InChI=1S/C12H13Cl2NO/c1-15-7-6-8-4-2-3-5-9(8)10(15)11(16)12(13)14/h2-5,10,12H,6-7H2,1H3. The molecule has 1 aromatic carbocycles. The number of hydrogen-bond acceptors (Lipinski definition) is 2. The summed E-state index contributed by atoms with van der Waals surface area (Å²) >= 11 is 11.4. The van der Waals surface area contributed by atoms with Gasteiger partial charge in [0.2, 0.25) is 0 Å². The number of fused-ring (bicyclic) bond motifs is 1. The maximum atomic E-state index is 12.0. The molecule has 86 valence electrons. The third kappa shape index (κ3) is 2.10. The number of halogens is 2. The van der Waals surface area contributed by atoms with Crippen molar-refractivity contribution >= 4 is 29.0 Å². The van der Waals surface area contributed by atoms with Gasteiger partial charge in [-0.25, -0.2) is 0 Å². The predicted molar refractivity (Wildman–Crippen MR) is 66.0 cm³/mol. The molecule has 0 amide bonds. The molecule has 1 aliphatic rings. The van der Waals surface area contributed by atoms with Crippen molar-refractivity contribution in [1.82, 2.24) is 4.90 Å². The maximum Gasteiger partial charge on any atom is 0.187 e. The molecule has 1 atom stereocenters.